The molecule has 2 fully saturated rings. The van der Waals surface area contributed by atoms with Crippen molar-refractivity contribution in [1.82, 2.24) is 5.32 Å². The molecule has 2 heteroatoms. The average molecular weight is 273 g/mol. The first-order valence-electron chi connectivity index (χ1n) is 8.37. The molecule has 0 radical (unpaired) electrons. The fourth-order valence-electron chi connectivity index (χ4n) is 3.38. The van der Waals surface area contributed by atoms with Gasteiger partial charge in [-0.15, -0.1) is 0 Å². The first kappa shape index (κ1) is 13.9. The second-order valence-electron chi connectivity index (χ2n) is 6.32. The zero-order valence-electron chi connectivity index (χ0n) is 12.6. The monoisotopic (exact) mass is 273 g/mol. The molecule has 20 heavy (non-hydrogen) atoms. The summed E-state index contributed by atoms with van der Waals surface area (Å²) < 4.78 is 5.85. The molecule has 0 aliphatic heterocycles. The molecule has 1 unspecified atom stereocenters. The molecule has 0 heterocycles. The minimum absolute atomic E-state index is 0.490. The van der Waals surface area contributed by atoms with Gasteiger partial charge >= 0.3 is 0 Å². The van der Waals surface area contributed by atoms with E-state index in [2.05, 4.69) is 36.5 Å². The van der Waals surface area contributed by atoms with Crippen LogP contribution in [0.3, 0.4) is 0 Å². The van der Waals surface area contributed by atoms with Crippen molar-refractivity contribution in [3.63, 3.8) is 0 Å². The summed E-state index contributed by atoms with van der Waals surface area (Å²) in [5.74, 6) is 1.84. The third-order valence-corrected chi connectivity index (χ3v) is 4.61. The first-order valence-corrected chi connectivity index (χ1v) is 8.37. The van der Waals surface area contributed by atoms with E-state index in [9.17, 15) is 0 Å². The van der Waals surface area contributed by atoms with Crippen LogP contribution in [0.2, 0.25) is 0 Å². The second-order valence-corrected chi connectivity index (χ2v) is 6.32. The Morgan fingerprint density at radius 1 is 1.05 bits per heavy atom. The van der Waals surface area contributed by atoms with Crippen LogP contribution >= 0.6 is 0 Å². The molecule has 0 saturated heterocycles. The molecule has 2 aliphatic carbocycles. The van der Waals surface area contributed by atoms with Gasteiger partial charge in [0.1, 0.15) is 5.75 Å². The van der Waals surface area contributed by atoms with Gasteiger partial charge in [-0.1, -0.05) is 38.3 Å². The maximum Gasteiger partial charge on any atom is 0.119 e. The van der Waals surface area contributed by atoms with Crippen molar-refractivity contribution in [2.75, 3.05) is 6.54 Å². The number of rotatable bonds is 6. The number of nitrogens with one attached hydrogen (secondary N) is 1. The zero-order valence-corrected chi connectivity index (χ0v) is 12.6. The van der Waals surface area contributed by atoms with Gasteiger partial charge in [-0.05, 0) is 55.8 Å². The van der Waals surface area contributed by atoms with Gasteiger partial charge in [0, 0.05) is 6.04 Å². The standard InChI is InChI=1S/C18H27NO/c1-2-19-18(14-6-4-3-5-7-14)15-8-10-16(11-9-15)20-17-12-13-17/h8-11,14,17-19H,2-7,12-13H2,1H3. The summed E-state index contributed by atoms with van der Waals surface area (Å²) in [6.07, 6.45) is 9.90. The fourth-order valence-corrected chi connectivity index (χ4v) is 3.38. The highest BCUT2D eigenvalue weighted by atomic mass is 16.5. The Bertz CT molecular complexity index is 404. The van der Waals surface area contributed by atoms with Crippen LogP contribution in [0.1, 0.15) is 63.5 Å². The lowest BCUT2D eigenvalue weighted by Gasteiger charge is -2.31. The smallest absolute Gasteiger partial charge is 0.119 e. The lowest BCUT2D eigenvalue weighted by atomic mass is 9.81. The third-order valence-electron chi connectivity index (χ3n) is 4.61. The van der Waals surface area contributed by atoms with E-state index in [1.807, 2.05) is 0 Å². The van der Waals surface area contributed by atoms with Gasteiger partial charge in [-0.3, -0.25) is 0 Å². The molecule has 110 valence electrons. The van der Waals surface area contributed by atoms with Gasteiger partial charge in [0.2, 0.25) is 0 Å². The number of benzene rings is 1. The van der Waals surface area contributed by atoms with Crippen LogP contribution in [0, 0.1) is 5.92 Å². The van der Waals surface area contributed by atoms with Gasteiger partial charge in [0.25, 0.3) is 0 Å². The van der Waals surface area contributed by atoms with Crippen LogP contribution in [0.4, 0.5) is 0 Å². The molecule has 1 aromatic carbocycles. The van der Waals surface area contributed by atoms with Crippen LogP contribution in [0.5, 0.6) is 5.75 Å². The molecule has 3 rings (SSSR count). The lowest BCUT2D eigenvalue weighted by molar-refractivity contribution is 0.273. The van der Waals surface area contributed by atoms with E-state index >= 15 is 0 Å². The zero-order chi connectivity index (χ0) is 13.8. The van der Waals surface area contributed by atoms with Gasteiger partial charge in [0.05, 0.1) is 6.10 Å². The summed E-state index contributed by atoms with van der Waals surface area (Å²) >= 11 is 0. The average Bonchev–Trinajstić information content (AvgIpc) is 3.31. The summed E-state index contributed by atoms with van der Waals surface area (Å²) in [6, 6.07) is 9.36. The summed E-state index contributed by atoms with van der Waals surface area (Å²) in [7, 11) is 0. The molecular weight excluding hydrogens is 246 g/mol. The highest BCUT2D eigenvalue weighted by Crippen LogP contribution is 2.35. The van der Waals surface area contributed by atoms with Gasteiger partial charge in [-0.25, -0.2) is 0 Å². The van der Waals surface area contributed by atoms with E-state index < -0.39 is 0 Å². The minimum Gasteiger partial charge on any atom is -0.490 e. The molecular formula is C18H27NO. The Morgan fingerprint density at radius 3 is 2.35 bits per heavy atom. The Labute approximate surface area is 122 Å². The Hall–Kier alpha value is -1.02. The van der Waals surface area contributed by atoms with E-state index in [4.69, 9.17) is 4.74 Å². The van der Waals surface area contributed by atoms with E-state index in [1.54, 1.807) is 0 Å². The summed E-state index contributed by atoms with van der Waals surface area (Å²) in [6.45, 7) is 3.25. The molecule has 1 N–H and O–H groups in total. The molecule has 0 amide bonds. The van der Waals surface area contributed by atoms with Gasteiger partial charge in [-0.2, -0.15) is 0 Å². The van der Waals surface area contributed by atoms with Crippen molar-refractivity contribution >= 4 is 0 Å². The van der Waals surface area contributed by atoms with Crippen LogP contribution in [-0.2, 0) is 0 Å². The quantitative estimate of drug-likeness (QED) is 0.826. The first-order chi connectivity index (χ1) is 9.86. The molecule has 2 saturated carbocycles. The number of hydrogen-bond donors (Lipinski definition) is 1. The van der Waals surface area contributed by atoms with E-state index in [1.165, 1.54) is 50.5 Å². The molecule has 0 bridgehead atoms. The SMILES string of the molecule is CCNC(c1ccc(OC2CC2)cc1)C1CCCCC1. The molecule has 2 aliphatic rings. The largest absolute Gasteiger partial charge is 0.490 e. The van der Waals surface area contributed by atoms with Crippen molar-refractivity contribution in [3.05, 3.63) is 29.8 Å². The van der Waals surface area contributed by atoms with Crippen LogP contribution in [0.25, 0.3) is 0 Å². The van der Waals surface area contributed by atoms with Gasteiger partial charge in [0.15, 0.2) is 0 Å². The predicted molar refractivity (Wildman–Crippen MR) is 83.1 cm³/mol. The Kier molecular flexibility index (Phi) is 4.62. The minimum atomic E-state index is 0.490. The Morgan fingerprint density at radius 2 is 1.75 bits per heavy atom. The van der Waals surface area contributed by atoms with Crippen molar-refractivity contribution in [1.29, 1.82) is 0 Å². The van der Waals surface area contributed by atoms with Crippen LogP contribution < -0.4 is 10.1 Å². The molecule has 1 aromatic rings. The van der Waals surface area contributed by atoms with Crippen LogP contribution in [0.15, 0.2) is 24.3 Å². The molecule has 0 aromatic heterocycles. The fraction of sp³-hybridized carbons (Fsp3) is 0.667. The topological polar surface area (TPSA) is 21.3 Å². The van der Waals surface area contributed by atoms with Crippen molar-refractivity contribution in [2.24, 2.45) is 5.92 Å². The van der Waals surface area contributed by atoms with Gasteiger partial charge < -0.3 is 10.1 Å². The summed E-state index contributed by atoms with van der Waals surface area (Å²) in [4.78, 5) is 0. The number of ether oxygens (including phenoxy) is 1. The van der Waals surface area contributed by atoms with E-state index in [0.29, 0.717) is 12.1 Å². The highest BCUT2D eigenvalue weighted by molar-refractivity contribution is 5.30. The lowest BCUT2D eigenvalue weighted by Crippen LogP contribution is -2.29. The van der Waals surface area contributed by atoms with Crippen LogP contribution in [-0.4, -0.2) is 12.6 Å². The third kappa shape index (κ3) is 3.54. The number of hydrogen-bond acceptors (Lipinski definition) is 2. The second kappa shape index (κ2) is 6.62. The Balaban J connectivity index is 1.68. The maximum absolute atomic E-state index is 5.85. The maximum atomic E-state index is 5.85. The van der Waals surface area contributed by atoms with Crippen molar-refractivity contribution in [3.8, 4) is 5.75 Å². The highest BCUT2D eigenvalue weighted by Gasteiger charge is 2.25. The normalized spacial score (nSPS) is 21.6. The van der Waals surface area contributed by atoms with Crippen molar-refractivity contribution < 1.29 is 4.74 Å². The van der Waals surface area contributed by atoms with E-state index in [0.717, 1.165) is 18.2 Å². The van der Waals surface area contributed by atoms with E-state index in [-0.39, 0.29) is 0 Å². The molecule has 0 spiro atoms. The molecule has 1 atom stereocenters. The van der Waals surface area contributed by atoms with Crippen molar-refractivity contribution in [2.45, 2.75) is 64.0 Å². The summed E-state index contributed by atoms with van der Waals surface area (Å²) in [5.41, 5.74) is 1.43. The molecule has 2 nitrogen and oxygen atoms in total. The predicted octanol–water partition coefficient (Wildman–Crippen LogP) is 4.46. The summed E-state index contributed by atoms with van der Waals surface area (Å²) in [5, 5.41) is 3.70.